The lowest BCUT2D eigenvalue weighted by atomic mass is 10.00. The molecule has 17 heavy (non-hydrogen) atoms. The van der Waals surface area contributed by atoms with Crippen molar-refractivity contribution in [3.8, 4) is 0 Å². The first-order valence-electron chi connectivity index (χ1n) is 4.96. The fourth-order valence-corrected chi connectivity index (χ4v) is 1.66. The molecule has 0 radical (unpaired) electrons. The summed E-state index contributed by atoms with van der Waals surface area (Å²) >= 11 is 0. The summed E-state index contributed by atoms with van der Waals surface area (Å²) in [5, 5.41) is 9.05. The third-order valence-electron chi connectivity index (χ3n) is 2.48. The summed E-state index contributed by atoms with van der Waals surface area (Å²) in [6, 6.07) is 4.78. The first kappa shape index (κ1) is 11.4. The lowest BCUT2D eigenvalue weighted by Gasteiger charge is -2.10. The van der Waals surface area contributed by atoms with Crippen LogP contribution in [0, 0.1) is 0 Å². The zero-order valence-electron chi connectivity index (χ0n) is 9.10. The van der Waals surface area contributed by atoms with E-state index >= 15 is 0 Å². The number of oxazole rings is 1. The van der Waals surface area contributed by atoms with Crippen LogP contribution in [0.1, 0.15) is 11.5 Å². The van der Waals surface area contributed by atoms with E-state index in [1.54, 1.807) is 12.1 Å². The highest BCUT2D eigenvalue weighted by molar-refractivity contribution is 5.79. The Kier molecular flexibility index (Phi) is 2.97. The Morgan fingerprint density at radius 2 is 2.35 bits per heavy atom. The van der Waals surface area contributed by atoms with Crippen LogP contribution in [0.5, 0.6) is 0 Å². The van der Waals surface area contributed by atoms with Crippen LogP contribution < -0.4 is 5.76 Å². The molecule has 2 aromatic rings. The summed E-state index contributed by atoms with van der Waals surface area (Å²) in [7, 11) is 1.44. The van der Waals surface area contributed by atoms with Gasteiger partial charge in [-0.3, -0.25) is 9.78 Å². The number of benzene rings is 1. The van der Waals surface area contributed by atoms with E-state index in [1.165, 1.54) is 13.2 Å². The van der Waals surface area contributed by atoms with Gasteiger partial charge in [0.25, 0.3) is 0 Å². The van der Waals surface area contributed by atoms with Gasteiger partial charge in [-0.05, 0) is 17.7 Å². The maximum Gasteiger partial charge on any atom is 0.417 e. The number of fused-ring (bicyclic) bond motifs is 1. The summed E-state index contributed by atoms with van der Waals surface area (Å²) in [5.41, 5.74) is 1.42. The first-order chi connectivity index (χ1) is 8.11. The van der Waals surface area contributed by atoms with Gasteiger partial charge in [0.05, 0.1) is 12.1 Å². The van der Waals surface area contributed by atoms with Crippen molar-refractivity contribution in [1.29, 1.82) is 0 Å². The van der Waals surface area contributed by atoms with Crippen molar-refractivity contribution in [2.24, 2.45) is 0 Å². The van der Waals surface area contributed by atoms with Gasteiger partial charge in [-0.1, -0.05) is 6.07 Å². The Labute approximate surface area is 95.8 Å². The summed E-state index contributed by atoms with van der Waals surface area (Å²) in [6.07, 6.45) is 0. The van der Waals surface area contributed by atoms with E-state index < -0.39 is 17.6 Å². The molecule has 1 aromatic heterocycles. The standard InChI is InChI=1S/C11H11NO5/c1-16-5-7(10(13)14)6-2-3-8-9(4-6)17-11(15)12-8/h2-4,7H,5H2,1H3,(H,12,15)(H,13,14). The Bertz CT molecular complexity index is 597. The Hall–Kier alpha value is -2.08. The van der Waals surface area contributed by atoms with E-state index in [9.17, 15) is 9.59 Å². The van der Waals surface area contributed by atoms with Gasteiger partial charge in [-0.25, -0.2) is 4.79 Å². The summed E-state index contributed by atoms with van der Waals surface area (Å²) in [6.45, 7) is 0.0650. The van der Waals surface area contributed by atoms with E-state index in [0.717, 1.165) is 0 Å². The number of carboxylic acids is 1. The second-order valence-corrected chi connectivity index (χ2v) is 3.62. The molecule has 1 aromatic carbocycles. The summed E-state index contributed by atoms with van der Waals surface area (Å²) in [5.74, 6) is -2.32. The number of ether oxygens (including phenoxy) is 1. The minimum atomic E-state index is -0.982. The highest BCUT2D eigenvalue weighted by atomic mass is 16.5. The molecule has 2 rings (SSSR count). The Balaban J connectivity index is 2.46. The molecule has 0 saturated carbocycles. The van der Waals surface area contributed by atoms with Crippen molar-refractivity contribution < 1.29 is 19.1 Å². The molecule has 90 valence electrons. The highest BCUT2D eigenvalue weighted by Gasteiger charge is 2.20. The van der Waals surface area contributed by atoms with Crippen molar-refractivity contribution in [1.82, 2.24) is 4.98 Å². The Morgan fingerprint density at radius 1 is 1.59 bits per heavy atom. The molecule has 0 bridgehead atoms. The molecule has 0 spiro atoms. The molecule has 6 nitrogen and oxygen atoms in total. The van der Waals surface area contributed by atoms with E-state index in [0.29, 0.717) is 16.7 Å². The number of hydrogen-bond acceptors (Lipinski definition) is 4. The van der Waals surface area contributed by atoms with Crippen molar-refractivity contribution in [2.75, 3.05) is 13.7 Å². The van der Waals surface area contributed by atoms with Gasteiger partial charge in [-0.15, -0.1) is 0 Å². The maximum atomic E-state index is 11.1. The molecule has 1 heterocycles. The number of aromatic amines is 1. The van der Waals surface area contributed by atoms with Gasteiger partial charge >= 0.3 is 11.7 Å². The predicted molar refractivity (Wildman–Crippen MR) is 59.1 cm³/mol. The van der Waals surface area contributed by atoms with Crippen LogP contribution in [0.15, 0.2) is 27.4 Å². The number of aromatic nitrogens is 1. The minimum Gasteiger partial charge on any atom is -0.481 e. The molecule has 0 saturated heterocycles. The predicted octanol–water partition coefficient (Wildman–Crippen LogP) is 0.936. The van der Waals surface area contributed by atoms with Crippen molar-refractivity contribution in [3.63, 3.8) is 0 Å². The third-order valence-corrected chi connectivity index (χ3v) is 2.48. The zero-order chi connectivity index (χ0) is 12.4. The third kappa shape index (κ3) is 2.21. The van der Waals surface area contributed by atoms with E-state index in [-0.39, 0.29) is 6.61 Å². The molecule has 6 heteroatoms. The number of rotatable bonds is 4. The summed E-state index contributed by atoms with van der Waals surface area (Å²) < 4.78 is 9.73. The number of aliphatic carboxylic acids is 1. The van der Waals surface area contributed by atoms with Gasteiger partial charge in [0, 0.05) is 7.11 Å². The largest absolute Gasteiger partial charge is 0.481 e. The molecular weight excluding hydrogens is 226 g/mol. The molecular formula is C11H11NO5. The fraction of sp³-hybridized carbons (Fsp3) is 0.273. The van der Waals surface area contributed by atoms with Gasteiger partial charge in [0.15, 0.2) is 5.58 Å². The average molecular weight is 237 g/mol. The molecule has 1 atom stereocenters. The second-order valence-electron chi connectivity index (χ2n) is 3.62. The zero-order valence-corrected chi connectivity index (χ0v) is 9.10. The normalized spacial score (nSPS) is 12.8. The molecule has 0 amide bonds. The van der Waals surface area contributed by atoms with E-state index in [2.05, 4.69) is 4.98 Å². The minimum absolute atomic E-state index is 0.0650. The van der Waals surface area contributed by atoms with Crippen LogP contribution in [-0.4, -0.2) is 29.8 Å². The Morgan fingerprint density at radius 3 is 3.00 bits per heavy atom. The quantitative estimate of drug-likeness (QED) is 0.825. The van der Waals surface area contributed by atoms with Crippen LogP contribution >= 0.6 is 0 Å². The monoisotopic (exact) mass is 237 g/mol. The number of H-pyrrole nitrogens is 1. The van der Waals surface area contributed by atoms with Crippen molar-refractivity contribution in [3.05, 3.63) is 34.3 Å². The number of hydrogen-bond donors (Lipinski definition) is 2. The lowest BCUT2D eigenvalue weighted by molar-refractivity contribution is -0.140. The van der Waals surface area contributed by atoms with Gasteiger partial charge in [-0.2, -0.15) is 0 Å². The van der Waals surface area contributed by atoms with E-state index in [4.69, 9.17) is 14.3 Å². The molecule has 1 unspecified atom stereocenters. The SMILES string of the molecule is COCC(C(=O)O)c1ccc2[nH]c(=O)oc2c1. The number of carbonyl (C=O) groups is 1. The number of carboxylic acid groups (broad SMARTS) is 1. The smallest absolute Gasteiger partial charge is 0.417 e. The highest BCUT2D eigenvalue weighted by Crippen LogP contribution is 2.20. The molecule has 2 N–H and O–H groups in total. The van der Waals surface area contributed by atoms with Gasteiger partial charge in [0.1, 0.15) is 5.92 Å². The lowest BCUT2D eigenvalue weighted by Crippen LogP contribution is -2.16. The van der Waals surface area contributed by atoms with Crippen LogP contribution in [-0.2, 0) is 9.53 Å². The first-order valence-corrected chi connectivity index (χ1v) is 4.96. The molecule has 0 aliphatic rings. The number of methoxy groups -OCH3 is 1. The van der Waals surface area contributed by atoms with Crippen molar-refractivity contribution in [2.45, 2.75) is 5.92 Å². The topological polar surface area (TPSA) is 92.5 Å². The molecule has 0 aliphatic heterocycles. The number of nitrogens with one attached hydrogen (secondary N) is 1. The van der Waals surface area contributed by atoms with Crippen LogP contribution in [0.25, 0.3) is 11.1 Å². The van der Waals surface area contributed by atoms with E-state index in [1.807, 2.05) is 0 Å². The maximum absolute atomic E-state index is 11.1. The van der Waals surface area contributed by atoms with Gasteiger partial charge in [0.2, 0.25) is 0 Å². The molecule has 0 fully saturated rings. The molecule has 0 aliphatic carbocycles. The van der Waals surface area contributed by atoms with Crippen molar-refractivity contribution >= 4 is 17.1 Å². The second kappa shape index (κ2) is 4.42. The fourth-order valence-electron chi connectivity index (χ4n) is 1.66. The average Bonchev–Trinajstić information content (AvgIpc) is 2.64. The van der Waals surface area contributed by atoms with Gasteiger partial charge < -0.3 is 14.3 Å². The summed E-state index contributed by atoms with van der Waals surface area (Å²) in [4.78, 5) is 24.5. The van der Waals surface area contributed by atoms with Crippen LogP contribution in [0.3, 0.4) is 0 Å². The van der Waals surface area contributed by atoms with Crippen LogP contribution in [0.2, 0.25) is 0 Å². The van der Waals surface area contributed by atoms with Crippen LogP contribution in [0.4, 0.5) is 0 Å².